The van der Waals surface area contributed by atoms with Gasteiger partial charge in [0.2, 0.25) is 5.91 Å². The molecule has 0 heterocycles. The molecule has 4 nitrogen and oxygen atoms in total. The van der Waals surface area contributed by atoms with Gasteiger partial charge in [0.05, 0.1) is 11.6 Å². The molecule has 1 aromatic carbocycles. The second-order valence-electron chi connectivity index (χ2n) is 5.25. The molecule has 0 aliphatic heterocycles. The number of nitrogens with one attached hydrogen (secondary N) is 1. The molecule has 1 aliphatic carbocycles. The Bertz CT molecular complexity index is 530. The number of nitrogens with zero attached hydrogens (tertiary/aromatic N) is 1. The van der Waals surface area contributed by atoms with E-state index in [-0.39, 0.29) is 17.9 Å². The van der Waals surface area contributed by atoms with E-state index >= 15 is 0 Å². The van der Waals surface area contributed by atoms with Crippen molar-refractivity contribution in [1.82, 2.24) is 5.32 Å². The summed E-state index contributed by atoms with van der Waals surface area (Å²) >= 11 is 6.08. The van der Waals surface area contributed by atoms with Crippen molar-refractivity contribution >= 4 is 17.5 Å². The molecular weight excluding hydrogens is 274 g/mol. The third-order valence-electron chi connectivity index (χ3n) is 3.78. The minimum Gasteiger partial charge on any atom is -0.352 e. The molecule has 0 bridgehead atoms. The Balaban J connectivity index is 1.89. The lowest BCUT2D eigenvalue weighted by Crippen LogP contribution is -2.36. The number of amides is 1. The first-order chi connectivity index (χ1) is 9.60. The SMILES string of the molecule is N#Cc1ccc(CNC(=O)[C@H]2CC[C@@H](N)CC2)c(Cl)c1. The molecule has 106 valence electrons. The summed E-state index contributed by atoms with van der Waals surface area (Å²) in [6, 6.07) is 7.37. The number of benzene rings is 1. The molecule has 0 spiro atoms. The molecule has 1 fully saturated rings. The molecule has 0 unspecified atom stereocenters. The van der Waals surface area contributed by atoms with E-state index in [9.17, 15) is 4.79 Å². The molecule has 0 atom stereocenters. The van der Waals surface area contributed by atoms with Crippen LogP contribution in [0.4, 0.5) is 0 Å². The summed E-state index contributed by atoms with van der Waals surface area (Å²) in [6.45, 7) is 0.395. The van der Waals surface area contributed by atoms with Crippen LogP contribution in [0.25, 0.3) is 0 Å². The Labute approximate surface area is 123 Å². The molecule has 0 radical (unpaired) electrons. The van der Waals surface area contributed by atoms with Crippen LogP contribution >= 0.6 is 11.6 Å². The van der Waals surface area contributed by atoms with Crippen LogP contribution < -0.4 is 11.1 Å². The van der Waals surface area contributed by atoms with Crippen molar-refractivity contribution < 1.29 is 4.79 Å². The van der Waals surface area contributed by atoms with Crippen LogP contribution in [0.2, 0.25) is 5.02 Å². The Morgan fingerprint density at radius 1 is 1.40 bits per heavy atom. The van der Waals surface area contributed by atoms with E-state index in [1.54, 1.807) is 18.2 Å². The molecule has 1 aromatic rings. The Hall–Kier alpha value is -1.57. The number of hydrogen-bond donors (Lipinski definition) is 2. The molecule has 1 amide bonds. The zero-order valence-electron chi connectivity index (χ0n) is 11.2. The third kappa shape index (κ3) is 3.72. The number of carbonyl (C=O) groups is 1. The molecule has 0 aromatic heterocycles. The normalized spacial score (nSPS) is 22.1. The van der Waals surface area contributed by atoms with Crippen LogP contribution in [0.3, 0.4) is 0 Å². The van der Waals surface area contributed by atoms with Crippen LogP contribution in [-0.4, -0.2) is 11.9 Å². The van der Waals surface area contributed by atoms with Crippen molar-refractivity contribution in [3.05, 3.63) is 34.3 Å². The van der Waals surface area contributed by atoms with Gasteiger partial charge in [-0.05, 0) is 43.4 Å². The van der Waals surface area contributed by atoms with E-state index in [1.165, 1.54) is 0 Å². The first-order valence-corrected chi connectivity index (χ1v) is 7.19. The lowest BCUT2D eigenvalue weighted by atomic mass is 9.86. The maximum Gasteiger partial charge on any atom is 0.223 e. The average molecular weight is 292 g/mol. The zero-order chi connectivity index (χ0) is 14.5. The number of hydrogen-bond acceptors (Lipinski definition) is 3. The number of halogens is 1. The van der Waals surface area contributed by atoms with Gasteiger partial charge in [-0.2, -0.15) is 5.26 Å². The first-order valence-electron chi connectivity index (χ1n) is 6.82. The highest BCUT2D eigenvalue weighted by Gasteiger charge is 2.24. The maximum atomic E-state index is 12.1. The summed E-state index contributed by atoms with van der Waals surface area (Å²) in [4.78, 5) is 12.1. The van der Waals surface area contributed by atoms with Crippen LogP contribution in [0.1, 0.15) is 36.8 Å². The standard InChI is InChI=1S/C15H18ClN3O/c16-14-7-10(8-17)1-2-12(14)9-19-15(20)11-3-5-13(18)6-4-11/h1-2,7,11,13H,3-6,9,18H2,(H,19,20)/t11-,13+. The van der Waals surface area contributed by atoms with Crippen LogP contribution in [0.5, 0.6) is 0 Å². The third-order valence-corrected chi connectivity index (χ3v) is 4.13. The minimum absolute atomic E-state index is 0.0620. The van der Waals surface area contributed by atoms with Gasteiger partial charge in [-0.15, -0.1) is 0 Å². The smallest absolute Gasteiger partial charge is 0.223 e. The highest BCUT2D eigenvalue weighted by molar-refractivity contribution is 6.31. The lowest BCUT2D eigenvalue weighted by molar-refractivity contribution is -0.126. The second-order valence-corrected chi connectivity index (χ2v) is 5.65. The maximum absolute atomic E-state index is 12.1. The van der Waals surface area contributed by atoms with Gasteiger partial charge in [-0.25, -0.2) is 0 Å². The quantitative estimate of drug-likeness (QED) is 0.897. The van der Waals surface area contributed by atoms with Gasteiger partial charge in [0, 0.05) is 23.5 Å². The predicted molar refractivity (Wildman–Crippen MR) is 77.9 cm³/mol. The van der Waals surface area contributed by atoms with Crippen LogP contribution in [0.15, 0.2) is 18.2 Å². The monoisotopic (exact) mass is 291 g/mol. The largest absolute Gasteiger partial charge is 0.352 e. The summed E-state index contributed by atoms with van der Waals surface area (Å²) in [5.74, 6) is 0.129. The summed E-state index contributed by atoms with van der Waals surface area (Å²) in [5, 5.41) is 12.2. The molecule has 5 heteroatoms. The van der Waals surface area contributed by atoms with Crippen molar-refractivity contribution in [2.24, 2.45) is 11.7 Å². The van der Waals surface area contributed by atoms with Crippen molar-refractivity contribution in [3.63, 3.8) is 0 Å². The number of rotatable bonds is 3. The topological polar surface area (TPSA) is 78.9 Å². The van der Waals surface area contributed by atoms with Crippen molar-refractivity contribution in [2.45, 2.75) is 38.3 Å². The summed E-state index contributed by atoms with van der Waals surface area (Å²) in [5.41, 5.74) is 7.18. The number of nitrogens with two attached hydrogens (primary N) is 1. The Kier molecular flexibility index (Phi) is 4.99. The fourth-order valence-electron chi connectivity index (χ4n) is 2.47. The van der Waals surface area contributed by atoms with Gasteiger partial charge >= 0.3 is 0 Å². The highest BCUT2D eigenvalue weighted by atomic mass is 35.5. The van der Waals surface area contributed by atoms with Gasteiger partial charge < -0.3 is 11.1 Å². The van der Waals surface area contributed by atoms with Crippen LogP contribution in [-0.2, 0) is 11.3 Å². The van der Waals surface area contributed by atoms with Gasteiger partial charge in [0.15, 0.2) is 0 Å². The molecular formula is C15H18ClN3O. The molecule has 20 heavy (non-hydrogen) atoms. The van der Waals surface area contributed by atoms with Gasteiger partial charge in [0.25, 0.3) is 0 Å². The first kappa shape index (κ1) is 14.8. The average Bonchev–Trinajstić information content (AvgIpc) is 2.46. The van der Waals surface area contributed by atoms with Crippen molar-refractivity contribution in [3.8, 4) is 6.07 Å². The van der Waals surface area contributed by atoms with E-state index < -0.39 is 0 Å². The van der Waals surface area contributed by atoms with Crippen LogP contribution in [0, 0.1) is 17.2 Å². The predicted octanol–water partition coefficient (Wildman–Crippen LogP) is 2.35. The molecule has 2 rings (SSSR count). The van der Waals surface area contributed by atoms with Gasteiger partial charge in [-0.1, -0.05) is 17.7 Å². The molecule has 0 saturated heterocycles. The van der Waals surface area contributed by atoms with Crippen molar-refractivity contribution in [1.29, 1.82) is 5.26 Å². The van der Waals surface area contributed by atoms with E-state index in [0.29, 0.717) is 17.1 Å². The molecule has 3 N–H and O–H groups in total. The summed E-state index contributed by atoms with van der Waals surface area (Å²) in [6.07, 6.45) is 3.54. The van der Waals surface area contributed by atoms with Gasteiger partial charge in [0.1, 0.15) is 0 Å². The van der Waals surface area contributed by atoms with E-state index in [4.69, 9.17) is 22.6 Å². The van der Waals surface area contributed by atoms with E-state index in [1.807, 2.05) is 6.07 Å². The Morgan fingerprint density at radius 3 is 2.70 bits per heavy atom. The number of nitriles is 1. The van der Waals surface area contributed by atoms with Gasteiger partial charge in [-0.3, -0.25) is 4.79 Å². The minimum atomic E-state index is 0.0620. The fourth-order valence-corrected chi connectivity index (χ4v) is 2.72. The number of carbonyl (C=O) groups excluding carboxylic acids is 1. The lowest BCUT2D eigenvalue weighted by Gasteiger charge is -2.25. The summed E-state index contributed by atoms with van der Waals surface area (Å²) in [7, 11) is 0. The van der Waals surface area contributed by atoms with E-state index in [2.05, 4.69) is 5.32 Å². The Morgan fingerprint density at radius 2 is 2.10 bits per heavy atom. The summed E-state index contributed by atoms with van der Waals surface area (Å²) < 4.78 is 0. The van der Waals surface area contributed by atoms with Crippen molar-refractivity contribution in [2.75, 3.05) is 0 Å². The molecule has 1 saturated carbocycles. The molecule has 1 aliphatic rings. The fraction of sp³-hybridized carbons (Fsp3) is 0.467. The zero-order valence-corrected chi connectivity index (χ0v) is 12.0. The van der Waals surface area contributed by atoms with E-state index in [0.717, 1.165) is 31.2 Å². The second kappa shape index (κ2) is 6.74. The highest BCUT2D eigenvalue weighted by Crippen LogP contribution is 2.23.